The quantitative estimate of drug-likeness (QED) is 0.780. The SMILES string of the molecule is CCC(C)(C)[C@H]1CCC(=O)/C(=C/Nc2ccccc2C)C1. The van der Waals surface area contributed by atoms with Crippen LogP contribution in [0.15, 0.2) is 36.0 Å². The number of hydrogen-bond acceptors (Lipinski definition) is 2. The van der Waals surface area contributed by atoms with Crippen molar-refractivity contribution in [3.63, 3.8) is 0 Å². The Balaban J connectivity index is 2.12. The number of Topliss-reactive ketones (excluding diaryl/α,β-unsaturated/α-hetero) is 1. The summed E-state index contributed by atoms with van der Waals surface area (Å²) in [5, 5.41) is 3.32. The number of carbonyl (C=O) groups is 1. The molecule has 0 spiro atoms. The van der Waals surface area contributed by atoms with Gasteiger partial charge in [0.2, 0.25) is 0 Å². The van der Waals surface area contributed by atoms with Crippen molar-refractivity contribution in [3.8, 4) is 0 Å². The largest absolute Gasteiger partial charge is 0.361 e. The second kappa shape index (κ2) is 6.46. The van der Waals surface area contributed by atoms with Crippen LogP contribution in [0.4, 0.5) is 5.69 Å². The van der Waals surface area contributed by atoms with E-state index in [1.807, 2.05) is 24.4 Å². The van der Waals surface area contributed by atoms with Gasteiger partial charge in [0.15, 0.2) is 5.78 Å². The highest BCUT2D eigenvalue weighted by Crippen LogP contribution is 2.41. The van der Waals surface area contributed by atoms with E-state index in [0.717, 1.165) is 30.5 Å². The number of ketones is 1. The van der Waals surface area contributed by atoms with Gasteiger partial charge in [0.05, 0.1) is 0 Å². The Bertz CT molecular complexity index is 542. The lowest BCUT2D eigenvalue weighted by atomic mass is 9.68. The number of allylic oxidation sites excluding steroid dienone is 1. The van der Waals surface area contributed by atoms with Crippen molar-refractivity contribution in [2.45, 2.75) is 53.4 Å². The van der Waals surface area contributed by atoms with Gasteiger partial charge < -0.3 is 5.32 Å². The van der Waals surface area contributed by atoms with E-state index in [2.05, 4.69) is 39.1 Å². The van der Waals surface area contributed by atoms with E-state index < -0.39 is 0 Å². The van der Waals surface area contributed by atoms with E-state index in [4.69, 9.17) is 0 Å². The van der Waals surface area contributed by atoms with Gasteiger partial charge in [-0.25, -0.2) is 0 Å². The van der Waals surface area contributed by atoms with Crippen LogP contribution < -0.4 is 5.32 Å². The van der Waals surface area contributed by atoms with Crippen molar-refractivity contribution in [1.82, 2.24) is 0 Å². The van der Waals surface area contributed by atoms with Gasteiger partial charge in [0, 0.05) is 23.9 Å². The molecule has 1 aliphatic rings. The van der Waals surface area contributed by atoms with Gasteiger partial charge in [0.25, 0.3) is 0 Å². The van der Waals surface area contributed by atoms with Crippen LogP contribution in [-0.2, 0) is 4.79 Å². The first-order valence-electron chi connectivity index (χ1n) is 7.98. The van der Waals surface area contributed by atoms with E-state index >= 15 is 0 Å². The van der Waals surface area contributed by atoms with Crippen molar-refractivity contribution in [2.75, 3.05) is 5.32 Å². The number of benzene rings is 1. The Morgan fingerprint density at radius 3 is 2.71 bits per heavy atom. The third-order valence-corrected chi connectivity index (χ3v) is 5.11. The standard InChI is InChI=1S/C19H27NO/c1-5-19(3,4)16-10-11-18(21)15(12-16)13-20-17-9-7-6-8-14(17)2/h6-9,13,16,20H,5,10-12H2,1-4H3/b15-13+/t16-/m0/s1. The average Bonchev–Trinajstić information content (AvgIpc) is 2.47. The second-order valence-electron chi connectivity index (χ2n) is 6.83. The summed E-state index contributed by atoms with van der Waals surface area (Å²) in [5.41, 5.74) is 3.54. The number of anilines is 1. The molecule has 0 heterocycles. The molecule has 0 saturated heterocycles. The van der Waals surface area contributed by atoms with Crippen molar-refractivity contribution >= 4 is 11.5 Å². The molecule has 1 fully saturated rings. The predicted molar refractivity (Wildman–Crippen MR) is 89.3 cm³/mol. The maximum absolute atomic E-state index is 12.2. The summed E-state index contributed by atoms with van der Waals surface area (Å²) in [6, 6.07) is 8.17. The molecule has 1 saturated carbocycles. The molecule has 0 unspecified atom stereocenters. The molecule has 0 radical (unpaired) electrons. The molecule has 1 aliphatic carbocycles. The van der Waals surface area contributed by atoms with Gasteiger partial charge in [-0.1, -0.05) is 45.4 Å². The molecule has 2 nitrogen and oxygen atoms in total. The second-order valence-corrected chi connectivity index (χ2v) is 6.83. The third-order valence-electron chi connectivity index (χ3n) is 5.11. The summed E-state index contributed by atoms with van der Waals surface area (Å²) >= 11 is 0. The monoisotopic (exact) mass is 285 g/mol. The lowest BCUT2D eigenvalue weighted by molar-refractivity contribution is -0.117. The smallest absolute Gasteiger partial charge is 0.160 e. The van der Waals surface area contributed by atoms with Gasteiger partial charge in [-0.05, 0) is 42.7 Å². The van der Waals surface area contributed by atoms with Crippen LogP contribution in [0.3, 0.4) is 0 Å². The van der Waals surface area contributed by atoms with Gasteiger partial charge in [-0.15, -0.1) is 0 Å². The Hall–Kier alpha value is -1.57. The number of hydrogen-bond donors (Lipinski definition) is 1. The zero-order valence-electron chi connectivity index (χ0n) is 13.7. The highest BCUT2D eigenvalue weighted by atomic mass is 16.1. The Kier molecular flexibility index (Phi) is 4.87. The highest BCUT2D eigenvalue weighted by Gasteiger charge is 2.33. The molecule has 2 rings (SSSR count). The van der Waals surface area contributed by atoms with Crippen LogP contribution in [-0.4, -0.2) is 5.78 Å². The molecule has 0 bridgehead atoms. The molecule has 21 heavy (non-hydrogen) atoms. The number of nitrogens with one attached hydrogen (secondary N) is 1. The first-order chi connectivity index (χ1) is 9.94. The van der Waals surface area contributed by atoms with Crippen LogP contribution in [0.5, 0.6) is 0 Å². The van der Waals surface area contributed by atoms with Gasteiger partial charge in [-0.3, -0.25) is 4.79 Å². The Morgan fingerprint density at radius 2 is 2.05 bits per heavy atom. The van der Waals surface area contributed by atoms with Gasteiger partial charge in [-0.2, -0.15) is 0 Å². The number of para-hydroxylation sites is 1. The average molecular weight is 285 g/mol. The van der Waals surface area contributed by atoms with Gasteiger partial charge >= 0.3 is 0 Å². The molecular weight excluding hydrogens is 258 g/mol. The molecule has 0 aliphatic heterocycles. The van der Waals surface area contributed by atoms with E-state index in [0.29, 0.717) is 23.5 Å². The van der Waals surface area contributed by atoms with Crippen LogP contribution >= 0.6 is 0 Å². The normalized spacial score (nSPS) is 21.6. The topological polar surface area (TPSA) is 29.1 Å². The van der Waals surface area contributed by atoms with Crippen molar-refractivity contribution in [3.05, 3.63) is 41.6 Å². The van der Waals surface area contributed by atoms with E-state index in [9.17, 15) is 4.79 Å². The summed E-state index contributed by atoms with van der Waals surface area (Å²) in [5.74, 6) is 0.907. The van der Waals surface area contributed by atoms with Crippen LogP contribution in [0.1, 0.15) is 52.0 Å². The van der Waals surface area contributed by atoms with Crippen molar-refractivity contribution in [2.24, 2.45) is 11.3 Å². The summed E-state index contributed by atoms with van der Waals surface area (Å²) in [7, 11) is 0. The molecule has 114 valence electrons. The molecule has 0 aromatic heterocycles. The zero-order chi connectivity index (χ0) is 15.5. The van der Waals surface area contributed by atoms with Crippen LogP contribution in [0.25, 0.3) is 0 Å². The minimum atomic E-state index is 0.305. The molecule has 1 aromatic carbocycles. The van der Waals surface area contributed by atoms with Gasteiger partial charge in [0.1, 0.15) is 0 Å². The molecule has 1 N–H and O–H groups in total. The summed E-state index contributed by atoms with van der Waals surface area (Å²) < 4.78 is 0. The molecular formula is C19H27NO. The zero-order valence-corrected chi connectivity index (χ0v) is 13.7. The first-order valence-corrected chi connectivity index (χ1v) is 7.98. The summed E-state index contributed by atoms with van der Waals surface area (Å²) in [6.45, 7) is 8.96. The van der Waals surface area contributed by atoms with E-state index in [-0.39, 0.29) is 0 Å². The van der Waals surface area contributed by atoms with E-state index in [1.165, 1.54) is 5.56 Å². The fraction of sp³-hybridized carbons (Fsp3) is 0.526. The lowest BCUT2D eigenvalue weighted by Crippen LogP contribution is -2.29. The van der Waals surface area contributed by atoms with Crippen molar-refractivity contribution < 1.29 is 4.79 Å². The predicted octanol–water partition coefficient (Wildman–Crippen LogP) is 5.10. The molecule has 2 heteroatoms. The maximum atomic E-state index is 12.2. The highest BCUT2D eigenvalue weighted by molar-refractivity contribution is 5.96. The third kappa shape index (κ3) is 3.75. The minimum absolute atomic E-state index is 0.305. The fourth-order valence-electron chi connectivity index (χ4n) is 2.94. The van der Waals surface area contributed by atoms with Crippen LogP contribution in [0, 0.1) is 18.3 Å². The fourth-order valence-corrected chi connectivity index (χ4v) is 2.94. The number of aryl methyl sites for hydroxylation is 1. The maximum Gasteiger partial charge on any atom is 0.160 e. The lowest BCUT2D eigenvalue weighted by Gasteiger charge is -2.36. The molecule has 0 amide bonds. The molecule has 1 atom stereocenters. The minimum Gasteiger partial charge on any atom is -0.361 e. The van der Waals surface area contributed by atoms with Crippen LogP contribution in [0.2, 0.25) is 0 Å². The Labute approximate surface area is 128 Å². The number of rotatable bonds is 4. The number of carbonyl (C=O) groups excluding carboxylic acids is 1. The summed E-state index contributed by atoms with van der Waals surface area (Å²) in [4.78, 5) is 12.2. The summed E-state index contributed by atoms with van der Waals surface area (Å²) in [6.07, 6.45) is 5.71. The first kappa shape index (κ1) is 15.8. The Morgan fingerprint density at radius 1 is 1.33 bits per heavy atom. The van der Waals surface area contributed by atoms with E-state index in [1.54, 1.807) is 0 Å². The molecule has 1 aromatic rings. The van der Waals surface area contributed by atoms with Crippen molar-refractivity contribution in [1.29, 1.82) is 0 Å².